The molecule has 0 bridgehead atoms. The Morgan fingerprint density at radius 2 is 2.05 bits per heavy atom. The molecule has 0 amide bonds. The highest BCUT2D eigenvalue weighted by molar-refractivity contribution is 5.02. The van der Waals surface area contributed by atoms with Crippen LogP contribution in [0.2, 0.25) is 0 Å². The molecule has 2 heterocycles. The molecule has 2 fully saturated rings. The van der Waals surface area contributed by atoms with Crippen LogP contribution in [0.15, 0.2) is 18.5 Å². The minimum Gasteiger partial charge on any atom is -0.308 e. The molecule has 19 heavy (non-hydrogen) atoms. The van der Waals surface area contributed by atoms with Gasteiger partial charge in [0.25, 0.3) is 0 Å². The van der Waals surface area contributed by atoms with Crippen molar-refractivity contribution in [3.8, 4) is 0 Å². The van der Waals surface area contributed by atoms with Crippen LogP contribution in [0, 0.1) is 0 Å². The molecular formula is C15H24N4. The number of aromatic nitrogens is 2. The number of hydrogen-bond donors (Lipinski definition) is 1. The minimum atomic E-state index is 0.375. The third-order valence-corrected chi connectivity index (χ3v) is 4.73. The first-order valence-electron chi connectivity index (χ1n) is 7.56. The second kappa shape index (κ2) is 5.55. The molecule has 1 saturated carbocycles. The van der Waals surface area contributed by atoms with Crippen molar-refractivity contribution >= 4 is 0 Å². The van der Waals surface area contributed by atoms with E-state index in [1.54, 1.807) is 0 Å². The molecule has 1 aliphatic carbocycles. The maximum absolute atomic E-state index is 4.38. The SMILES string of the molecule is CCC1CNC2(CCCC2)CN1Cc1ncccn1. The quantitative estimate of drug-likeness (QED) is 0.902. The predicted octanol–water partition coefficient (Wildman–Crippen LogP) is 1.97. The molecule has 1 aliphatic heterocycles. The molecule has 1 spiro atoms. The van der Waals surface area contributed by atoms with Gasteiger partial charge in [0.2, 0.25) is 0 Å². The molecule has 4 heteroatoms. The van der Waals surface area contributed by atoms with Crippen LogP contribution in [0.25, 0.3) is 0 Å². The van der Waals surface area contributed by atoms with Crippen LogP contribution < -0.4 is 5.32 Å². The van der Waals surface area contributed by atoms with Gasteiger partial charge in [-0.25, -0.2) is 9.97 Å². The Labute approximate surface area is 115 Å². The molecule has 0 radical (unpaired) electrons. The number of nitrogens with one attached hydrogen (secondary N) is 1. The lowest BCUT2D eigenvalue weighted by Crippen LogP contribution is -2.62. The molecule has 2 aliphatic rings. The average Bonchev–Trinajstić information content (AvgIpc) is 2.88. The maximum atomic E-state index is 4.38. The lowest BCUT2D eigenvalue weighted by molar-refractivity contribution is 0.0696. The van der Waals surface area contributed by atoms with E-state index in [1.165, 1.54) is 32.1 Å². The van der Waals surface area contributed by atoms with Gasteiger partial charge in [-0.2, -0.15) is 0 Å². The van der Waals surface area contributed by atoms with Gasteiger partial charge in [0.05, 0.1) is 6.54 Å². The summed E-state index contributed by atoms with van der Waals surface area (Å²) >= 11 is 0. The van der Waals surface area contributed by atoms with Crippen molar-refractivity contribution in [2.24, 2.45) is 0 Å². The first kappa shape index (κ1) is 13.0. The topological polar surface area (TPSA) is 41.0 Å². The smallest absolute Gasteiger partial charge is 0.142 e. The van der Waals surface area contributed by atoms with E-state index in [2.05, 4.69) is 27.1 Å². The Balaban J connectivity index is 1.72. The molecule has 104 valence electrons. The van der Waals surface area contributed by atoms with Crippen LogP contribution in [0.3, 0.4) is 0 Å². The summed E-state index contributed by atoms with van der Waals surface area (Å²) in [6, 6.07) is 2.51. The van der Waals surface area contributed by atoms with Gasteiger partial charge < -0.3 is 5.32 Å². The van der Waals surface area contributed by atoms with E-state index < -0.39 is 0 Å². The lowest BCUT2D eigenvalue weighted by atomic mass is 9.91. The fourth-order valence-corrected chi connectivity index (χ4v) is 3.60. The number of nitrogens with zero attached hydrogens (tertiary/aromatic N) is 3. The van der Waals surface area contributed by atoms with Crippen molar-refractivity contribution in [2.75, 3.05) is 13.1 Å². The first-order valence-corrected chi connectivity index (χ1v) is 7.56. The van der Waals surface area contributed by atoms with E-state index >= 15 is 0 Å². The van der Waals surface area contributed by atoms with Gasteiger partial charge in [0, 0.05) is 37.1 Å². The van der Waals surface area contributed by atoms with E-state index in [4.69, 9.17) is 0 Å². The molecule has 3 rings (SSSR count). The standard InChI is InChI=1S/C15H24N4/c1-2-13-10-18-15(6-3-4-7-15)12-19(13)11-14-16-8-5-9-17-14/h5,8-9,13,18H,2-4,6-7,10-12H2,1H3. The van der Waals surface area contributed by atoms with Crippen molar-refractivity contribution in [1.82, 2.24) is 20.2 Å². The van der Waals surface area contributed by atoms with Crippen LogP contribution in [-0.4, -0.2) is 39.5 Å². The fraction of sp³-hybridized carbons (Fsp3) is 0.733. The van der Waals surface area contributed by atoms with E-state index in [1.807, 2.05) is 18.5 Å². The van der Waals surface area contributed by atoms with Crippen LogP contribution in [0.5, 0.6) is 0 Å². The Hall–Kier alpha value is -1.00. The molecule has 1 aromatic heterocycles. The Kier molecular flexibility index (Phi) is 3.80. The molecule has 1 atom stereocenters. The van der Waals surface area contributed by atoms with Gasteiger partial charge in [-0.1, -0.05) is 19.8 Å². The Bertz CT molecular complexity index is 400. The van der Waals surface area contributed by atoms with Gasteiger partial charge >= 0.3 is 0 Å². The van der Waals surface area contributed by atoms with E-state index in [-0.39, 0.29) is 0 Å². The number of rotatable bonds is 3. The Morgan fingerprint density at radius 3 is 2.74 bits per heavy atom. The molecule has 1 unspecified atom stereocenters. The summed E-state index contributed by atoms with van der Waals surface area (Å²) in [5.74, 6) is 0.955. The zero-order valence-corrected chi connectivity index (χ0v) is 11.8. The third-order valence-electron chi connectivity index (χ3n) is 4.73. The Morgan fingerprint density at radius 1 is 1.32 bits per heavy atom. The fourth-order valence-electron chi connectivity index (χ4n) is 3.60. The summed E-state index contributed by atoms with van der Waals surface area (Å²) in [5.41, 5.74) is 0.375. The molecule has 1 N–H and O–H groups in total. The zero-order valence-electron chi connectivity index (χ0n) is 11.8. The van der Waals surface area contributed by atoms with Crippen LogP contribution in [0.1, 0.15) is 44.9 Å². The normalized spacial score (nSPS) is 26.9. The van der Waals surface area contributed by atoms with Crippen molar-refractivity contribution < 1.29 is 0 Å². The van der Waals surface area contributed by atoms with Gasteiger partial charge in [0.15, 0.2) is 0 Å². The highest BCUT2D eigenvalue weighted by Crippen LogP contribution is 2.33. The number of piperazine rings is 1. The largest absolute Gasteiger partial charge is 0.308 e. The zero-order chi connectivity index (χ0) is 13.1. The van der Waals surface area contributed by atoms with Gasteiger partial charge in [-0.3, -0.25) is 4.90 Å². The van der Waals surface area contributed by atoms with Crippen molar-refractivity contribution in [1.29, 1.82) is 0 Å². The summed E-state index contributed by atoms with van der Waals surface area (Å²) in [7, 11) is 0. The van der Waals surface area contributed by atoms with Gasteiger partial charge in [0.1, 0.15) is 5.82 Å². The minimum absolute atomic E-state index is 0.375. The molecule has 0 aromatic carbocycles. The molecule has 1 aromatic rings. The average molecular weight is 260 g/mol. The highest BCUT2D eigenvalue weighted by Gasteiger charge is 2.40. The summed E-state index contributed by atoms with van der Waals surface area (Å²) < 4.78 is 0. The van der Waals surface area contributed by atoms with Crippen molar-refractivity contribution in [3.63, 3.8) is 0 Å². The summed E-state index contributed by atoms with van der Waals surface area (Å²) in [6.07, 6.45) is 10.3. The van der Waals surface area contributed by atoms with Crippen molar-refractivity contribution in [2.45, 2.75) is 57.2 Å². The summed E-state index contributed by atoms with van der Waals surface area (Å²) in [6.45, 7) is 5.44. The molecule has 1 saturated heterocycles. The third kappa shape index (κ3) is 2.79. The summed E-state index contributed by atoms with van der Waals surface area (Å²) in [5, 5.41) is 3.83. The highest BCUT2D eigenvalue weighted by atomic mass is 15.3. The van der Waals surface area contributed by atoms with Crippen LogP contribution in [0.4, 0.5) is 0 Å². The number of hydrogen-bond acceptors (Lipinski definition) is 4. The predicted molar refractivity (Wildman–Crippen MR) is 75.7 cm³/mol. The molecule has 4 nitrogen and oxygen atoms in total. The monoisotopic (exact) mass is 260 g/mol. The van der Waals surface area contributed by atoms with E-state index in [0.29, 0.717) is 11.6 Å². The van der Waals surface area contributed by atoms with E-state index in [0.717, 1.165) is 25.5 Å². The first-order chi connectivity index (χ1) is 9.31. The van der Waals surface area contributed by atoms with Gasteiger partial charge in [-0.05, 0) is 25.3 Å². The van der Waals surface area contributed by atoms with Crippen LogP contribution >= 0.6 is 0 Å². The lowest BCUT2D eigenvalue weighted by Gasteiger charge is -2.46. The maximum Gasteiger partial charge on any atom is 0.142 e. The summed E-state index contributed by atoms with van der Waals surface area (Å²) in [4.78, 5) is 11.4. The van der Waals surface area contributed by atoms with Crippen molar-refractivity contribution in [3.05, 3.63) is 24.3 Å². The van der Waals surface area contributed by atoms with Crippen LogP contribution in [-0.2, 0) is 6.54 Å². The molecular weight excluding hydrogens is 236 g/mol. The second-order valence-electron chi connectivity index (χ2n) is 6.00. The van der Waals surface area contributed by atoms with Gasteiger partial charge in [-0.15, -0.1) is 0 Å². The van der Waals surface area contributed by atoms with E-state index in [9.17, 15) is 0 Å². The second-order valence-corrected chi connectivity index (χ2v) is 6.00.